The number of benzene rings is 2. The van der Waals surface area contributed by atoms with Crippen LogP contribution in [0.25, 0.3) is 16.7 Å². The zero-order chi connectivity index (χ0) is 19.0. The van der Waals surface area contributed by atoms with Crippen molar-refractivity contribution < 1.29 is 9.47 Å². The lowest BCUT2D eigenvalue weighted by atomic mass is 10.1. The monoisotopic (exact) mass is 360 g/mol. The van der Waals surface area contributed by atoms with E-state index < -0.39 is 0 Å². The van der Waals surface area contributed by atoms with Crippen LogP contribution in [0.1, 0.15) is 16.7 Å². The molecule has 0 aliphatic heterocycles. The number of nitrogens with zero attached hydrogens (tertiary/aromatic N) is 4. The summed E-state index contributed by atoms with van der Waals surface area (Å²) < 4.78 is 13.3. The van der Waals surface area contributed by atoms with E-state index in [-0.39, 0.29) is 0 Å². The van der Waals surface area contributed by atoms with Crippen molar-refractivity contribution >= 4 is 11.0 Å². The smallest absolute Gasteiger partial charge is 0.233 e. The summed E-state index contributed by atoms with van der Waals surface area (Å²) in [5.41, 5.74) is 5.10. The van der Waals surface area contributed by atoms with Crippen molar-refractivity contribution in [3.05, 3.63) is 65.6 Å². The minimum absolute atomic E-state index is 0.443. The van der Waals surface area contributed by atoms with Crippen LogP contribution < -0.4 is 9.47 Å². The number of hydrogen-bond donors (Lipinski definition) is 0. The van der Waals surface area contributed by atoms with Crippen molar-refractivity contribution in [2.24, 2.45) is 0 Å². The van der Waals surface area contributed by atoms with Crippen molar-refractivity contribution in [1.29, 1.82) is 0 Å². The first-order chi connectivity index (χ1) is 13.1. The topological polar surface area (TPSA) is 62.1 Å². The molecule has 136 valence electrons. The third kappa shape index (κ3) is 3.10. The predicted molar refractivity (Wildman–Crippen MR) is 104 cm³/mol. The number of methoxy groups -OCH3 is 1. The maximum atomic E-state index is 6.04. The molecule has 0 N–H and O–H groups in total. The molecule has 6 heteroatoms. The van der Waals surface area contributed by atoms with E-state index in [4.69, 9.17) is 9.47 Å². The molecule has 0 aliphatic carbocycles. The molecule has 2 aromatic carbocycles. The van der Waals surface area contributed by atoms with E-state index in [2.05, 4.69) is 41.0 Å². The fraction of sp³-hybridized carbons (Fsp3) is 0.190. The van der Waals surface area contributed by atoms with Gasteiger partial charge in [0.25, 0.3) is 0 Å². The first-order valence-electron chi connectivity index (χ1n) is 8.65. The van der Waals surface area contributed by atoms with Crippen LogP contribution >= 0.6 is 0 Å². The highest BCUT2D eigenvalue weighted by molar-refractivity contribution is 5.81. The van der Waals surface area contributed by atoms with Gasteiger partial charge in [-0.25, -0.2) is 14.6 Å². The third-order valence-electron chi connectivity index (χ3n) is 4.44. The molecule has 0 spiro atoms. The molecular weight excluding hydrogens is 340 g/mol. The van der Waals surface area contributed by atoms with Gasteiger partial charge in [0.1, 0.15) is 11.7 Å². The molecule has 4 aromatic rings. The Morgan fingerprint density at radius 2 is 1.67 bits per heavy atom. The van der Waals surface area contributed by atoms with Gasteiger partial charge in [-0.3, -0.25) is 0 Å². The minimum atomic E-state index is 0.443. The number of fused-ring (bicyclic) bond motifs is 1. The fourth-order valence-electron chi connectivity index (χ4n) is 3.09. The van der Waals surface area contributed by atoms with E-state index in [1.54, 1.807) is 13.3 Å². The normalized spacial score (nSPS) is 11.0. The quantitative estimate of drug-likeness (QED) is 0.535. The highest BCUT2D eigenvalue weighted by atomic mass is 16.5. The second kappa shape index (κ2) is 6.72. The van der Waals surface area contributed by atoms with Gasteiger partial charge >= 0.3 is 0 Å². The average molecular weight is 360 g/mol. The molecule has 2 aromatic heterocycles. The molecule has 0 saturated heterocycles. The summed E-state index contributed by atoms with van der Waals surface area (Å²) in [4.78, 5) is 8.72. The standard InChI is InChI=1S/C21H20N4O2/c1-13-5-7-17(15(3)9-13)25-20-16(11-24-25)21(23-12-22-20)27-18-8-6-14(2)10-19(18)26-4/h5-12H,1-4H3. The highest BCUT2D eigenvalue weighted by Crippen LogP contribution is 2.34. The summed E-state index contributed by atoms with van der Waals surface area (Å²) >= 11 is 0. The number of hydrogen-bond acceptors (Lipinski definition) is 5. The molecule has 0 atom stereocenters. The number of rotatable bonds is 4. The predicted octanol–water partition coefficient (Wildman–Crippen LogP) is 4.54. The SMILES string of the molecule is COc1cc(C)ccc1Oc1ncnc2c1cnn2-c1ccc(C)cc1C. The molecule has 6 nitrogen and oxygen atoms in total. The van der Waals surface area contributed by atoms with Crippen LogP contribution in [0.15, 0.2) is 48.9 Å². The summed E-state index contributed by atoms with van der Waals surface area (Å²) in [5.74, 6) is 1.70. The van der Waals surface area contributed by atoms with Crippen LogP contribution in [0.2, 0.25) is 0 Å². The minimum Gasteiger partial charge on any atom is -0.493 e. The van der Waals surface area contributed by atoms with Gasteiger partial charge in [0.05, 0.1) is 19.0 Å². The Balaban J connectivity index is 1.79. The molecule has 0 aliphatic rings. The number of ether oxygens (including phenoxy) is 2. The van der Waals surface area contributed by atoms with Crippen molar-refractivity contribution in [2.45, 2.75) is 20.8 Å². The van der Waals surface area contributed by atoms with Gasteiger partial charge in [-0.15, -0.1) is 0 Å². The van der Waals surface area contributed by atoms with Crippen LogP contribution in [-0.2, 0) is 0 Å². The van der Waals surface area contributed by atoms with Gasteiger partial charge in [-0.2, -0.15) is 5.10 Å². The largest absolute Gasteiger partial charge is 0.493 e. The van der Waals surface area contributed by atoms with E-state index in [0.717, 1.165) is 22.2 Å². The summed E-state index contributed by atoms with van der Waals surface area (Å²) in [5, 5.41) is 5.25. The first kappa shape index (κ1) is 17.0. The first-order valence-corrected chi connectivity index (χ1v) is 8.65. The van der Waals surface area contributed by atoms with E-state index >= 15 is 0 Å². The third-order valence-corrected chi connectivity index (χ3v) is 4.44. The Bertz CT molecular complexity index is 1130. The Labute approximate surface area is 157 Å². The van der Waals surface area contributed by atoms with Crippen LogP contribution in [0.5, 0.6) is 17.4 Å². The lowest BCUT2D eigenvalue weighted by Gasteiger charge is -2.11. The molecule has 0 fully saturated rings. The van der Waals surface area contributed by atoms with Crippen molar-refractivity contribution in [3.63, 3.8) is 0 Å². The second-order valence-corrected chi connectivity index (χ2v) is 6.52. The highest BCUT2D eigenvalue weighted by Gasteiger charge is 2.15. The molecule has 0 amide bonds. The molecule has 4 rings (SSSR count). The number of aromatic nitrogens is 4. The summed E-state index contributed by atoms with van der Waals surface area (Å²) in [6.45, 7) is 6.13. The zero-order valence-electron chi connectivity index (χ0n) is 15.7. The summed E-state index contributed by atoms with van der Waals surface area (Å²) in [6, 6.07) is 12.0. The van der Waals surface area contributed by atoms with Gasteiger partial charge in [-0.1, -0.05) is 23.8 Å². The summed E-state index contributed by atoms with van der Waals surface area (Å²) in [7, 11) is 1.62. The molecule has 27 heavy (non-hydrogen) atoms. The van der Waals surface area contributed by atoms with Crippen molar-refractivity contribution in [2.75, 3.05) is 7.11 Å². The molecule has 0 saturated carbocycles. The zero-order valence-corrected chi connectivity index (χ0v) is 15.7. The average Bonchev–Trinajstić information content (AvgIpc) is 3.08. The van der Waals surface area contributed by atoms with Gasteiger partial charge in [-0.05, 0) is 50.1 Å². The Morgan fingerprint density at radius 3 is 2.44 bits per heavy atom. The number of aryl methyl sites for hydroxylation is 3. The molecule has 2 heterocycles. The lowest BCUT2D eigenvalue weighted by molar-refractivity contribution is 0.375. The fourth-order valence-corrected chi connectivity index (χ4v) is 3.09. The van der Waals surface area contributed by atoms with Crippen LogP contribution in [0.4, 0.5) is 0 Å². The molecule has 0 bridgehead atoms. The van der Waals surface area contributed by atoms with Gasteiger partial charge < -0.3 is 9.47 Å². The molecule has 0 unspecified atom stereocenters. The summed E-state index contributed by atoms with van der Waals surface area (Å²) in [6.07, 6.45) is 3.21. The Morgan fingerprint density at radius 1 is 0.889 bits per heavy atom. The van der Waals surface area contributed by atoms with Crippen LogP contribution in [-0.4, -0.2) is 26.9 Å². The van der Waals surface area contributed by atoms with E-state index in [1.807, 2.05) is 35.9 Å². The van der Waals surface area contributed by atoms with E-state index in [0.29, 0.717) is 23.0 Å². The van der Waals surface area contributed by atoms with E-state index in [1.165, 1.54) is 11.9 Å². The van der Waals surface area contributed by atoms with Crippen molar-refractivity contribution in [3.8, 4) is 23.1 Å². The Hall–Kier alpha value is -3.41. The molecular formula is C21H20N4O2. The van der Waals surface area contributed by atoms with Crippen LogP contribution in [0, 0.1) is 20.8 Å². The second-order valence-electron chi connectivity index (χ2n) is 6.52. The van der Waals surface area contributed by atoms with Gasteiger partial charge in [0, 0.05) is 0 Å². The van der Waals surface area contributed by atoms with E-state index in [9.17, 15) is 0 Å². The van der Waals surface area contributed by atoms with Gasteiger partial charge in [0.2, 0.25) is 5.88 Å². The van der Waals surface area contributed by atoms with Crippen molar-refractivity contribution in [1.82, 2.24) is 19.7 Å². The van der Waals surface area contributed by atoms with Gasteiger partial charge in [0.15, 0.2) is 17.1 Å². The van der Waals surface area contributed by atoms with Crippen LogP contribution in [0.3, 0.4) is 0 Å². The Kier molecular flexibility index (Phi) is 4.24. The maximum Gasteiger partial charge on any atom is 0.233 e. The lowest BCUT2D eigenvalue weighted by Crippen LogP contribution is -2.01. The maximum absolute atomic E-state index is 6.04. The molecule has 0 radical (unpaired) electrons.